The predicted molar refractivity (Wildman–Crippen MR) is 105 cm³/mol. The summed E-state index contributed by atoms with van der Waals surface area (Å²) in [5.41, 5.74) is 7.47. The van der Waals surface area contributed by atoms with Crippen molar-refractivity contribution in [2.45, 2.75) is 6.61 Å². The highest BCUT2D eigenvalue weighted by Gasteiger charge is 2.12. The quantitative estimate of drug-likeness (QED) is 0.513. The van der Waals surface area contributed by atoms with Crippen molar-refractivity contribution in [1.29, 1.82) is 0 Å². The molecule has 138 valence electrons. The fourth-order valence-corrected chi connectivity index (χ4v) is 2.59. The lowest BCUT2D eigenvalue weighted by Crippen LogP contribution is -2.12. The molecule has 0 amide bonds. The Hall–Kier alpha value is -4.07. The number of para-hydroxylation sites is 2. The molecular weight excluding hydrogens is 356 g/mol. The minimum atomic E-state index is -0.567. The van der Waals surface area contributed by atoms with Gasteiger partial charge < -0.3 is 15.8 Å². The maximum Gasteiger partial charge on any atom is 0.357 e. The summed E-state index contributed by atoms with van der Waals surface area (Å²) in [6.45, 7) is -0.149. The summed E-state index contributed by atoms with van der Waals surface area (Å²) in [6, 6.07) is 20.4. The van der Waals surface area contributed by atoms with Gasteiger partial charge in [-0.05, 0) is 24.3 Å². The number of nitrogens with zero attached hydrogens (tertiary/aromatic N) is 4. The van der Waals surface area contributed by atoms with E-state index in [-0.39, 0.29) is 30.0 Å². The number of pyridine rings is 1. The molecule has 0 bridgehead atoms. The fraction of sp³-hybridized carbons (Fsp3) is 0.0500. The Morgan fingerprint density at radius 3 is 2.54 bits per heavy atom. The average Bonchev–Trinajstić information content (AvgIpc) is 2.72. The van der Waals surface area contributed by atoms with E-state index in [2.05, 4.69) is 25.3 Å². The van der Waals surface area contributed by atoms with Crippen molar-refractivity contribution in [3.63, 3.8) is 0 Å². The molecule has 0 spiro atoms. The van der Waals surface area contributed by atoms with Crippen molar-refractivity contribution in [3.8, 4) is 0 Å². The van der Waals surface area contributed by atoms with Crippen LogP contribution in [-0.4, -0.2) is 25.9 Å². The molecule has 0 radical (unpaired) electrons. The molecule has 0 unspecified atom stereocenters. The number of nitrogens with one attached hydrogen (secondary N) is 1. The van der Waals surface area contributed by atoms with Gasteiger partial charge in [0.1, 0.15) is 5.69 Å². The van der Waals surface area contributed by atoms with Crippen molar-refractivity contribution in [3.05, 3.63) is 78.2 Å². The van der Waals surface area contributed by atoms with E-state index < -0.39 is 5.97 Å². The lowest BCUT2D eigenvalue weighted by atomic mass is 10.2. The SMILES string of the molecule is Nc1nc(COC(=O)c2ccc3ccccc3n2)nc(Nc2ccccc2)n1. The van der Waals surface area contributed by atoms with Crippen LogP contribution < -0.4 is 11.1 Å². The zero-order chi connectivity index (χ0) is 19.3. The van der Waals surface area contributed by atoms with Crippen molar-refractivity contribution in [1.82, 2.24) is 19.9 Å². The van der Waals surface area contributed by atoms with Crippen LogP contribution in [0.2, 0.25) is 0 Å². The van der Waals surface area contributed by atoms with Crippen LogP contribution in [0.15, 0.2) is 66.7 Å². The molecular formula is C20H16N6O2. The molecule has 2 aromatic carbocycles. The number of fused-ring (bicyclic) bond motifs is 1. The number of hydrogen-bond acceptors (Lipinski definition) is 8. The van der Waals surface area contributed by atoms with Gasteiger partial charge in [-0.25, -0.2) is 9.78 Å². The van der Waals surface area contributed by atoms with Gasteiger partial charge in [-0.2, -0.15) is 15.0 Å². The van der Waals surface area contributed by atoms with E-state index in [4.69, 9.17) is 10.5 Å². The summed E-state index contributed by atoms with van der Waals surface area (Å²) in [6.07, 6.45) is 0. The van der Waals surface area contributed by atoms with Gasteiger partial charge in [-0.1, -0.05) is 42.5 Å². The summed E-state index contributed by atoms with van der Waals surface area (Å²) in [7, 11) is 0. The molecule has 8 heteroatoms. The van der Waals surface area contributed by atoms with Crippen LogP contribution in [0.3, 0.4) is 0 Å². The zero-order valence-electron chi connectivity index (χ0n) is 14.7. The molecule has 2 aromatic heterocycles. The largest absolute Gasteiger partial charge is 0.453 e. The Morgan fingerprint density at radius 1 is 0.893 bits per heavy atom. The van der Waals surface area contributed by atoms with E-state index in [1.807, 2.05) is 60.7 Å². The molecule has 0 saturated heterocycles. The molecule has 0 aliphatic heterocycles. The Labute approximate surface area is 160 Å². The zero-order valence-corrected chi connectivity index (χ0v) is 14.7. The first-order chi connectivity index (χ1) is 13.7. The molecule has 0 aliphatic rings. The van der Waals surface area contributed by atoms with Crippen LogP contribution in [0.5, 0.6) is 0 Å². The second-order valence-corrected chi connectivity index (χ2v) is 5.89. The van der Waals surface area contributed by atoms with E-state index in [0.717, 1.165) is 16.6 Å². The molecule has 2 heterocycles. The molecule has 4 rings (SSSR count). The molecule has 3 N–H and O–H groups in total. The first-order valence-electron chi connectivity index (χ1n) is 8.53. The van der Waals surface area contributed by atoms with Gasteiger partial charge in [0.2, 0.25) is 11.9 Å². The number of nitrogen functional groups attached to an aromatic ring is 1. The summed E-state index contributed by atoms with van der Waals surface area (Å²) >= 11 is 0. The third-order valence-electron chi connectivity index (χ3n) is 3.87. The third-order valence-corrected chi connectivity index (χ3v) is 3.87. The van der Waals surface area contributed by atoms with Crippen LogP contribution in [0, 0.1) is 0 Å². The highest BCUT2D eigenvalue weighted by Crippen LogP contribution is 2.14. The normalized spacial score (nSPS) is 10.6. The number of aromatic nitrogens is 4. The van der Waals surface area contributed by atoms with Gasteiger partial charge in [0, 0.05) is 11.1 Å². The van der Waals surface area contributed by atoms with Gasteiger partial charge in [0.05, 0.1) is 5.52 Å². The third kappa shape index (κ3) is 4.01. The number of hydrogen-bond donors (Lipinski definition) is 2. The number of carbonyl (C=O) groups excluding carboxylic acids is 1. The summed E-state index contributed by atoms with van der Waals surface area (Å²) in [5.74, 6) is -0.0285. The minimum Gasteiger partial charge on any atom is -0.453 e. The number of anilines is 3. The monoisotopic (exact) mass is 372 g/mol. The van der Waals surface area contributed by atoms with Crippen molar-refractivity contribution < 1.29 is 9.53 Å². The maximum absolute atomic E-state index is 12.3. The lowest BCUT2D eigenvalue weighted by molar-refractivity contribution is 0.0455. The van der Waals surface area contributed by atoms with E-state index >= 15 is 0 Å². The van der Waals surface area contributed by atoms with E-state index in [1.165, 1.54) is 0 Å². The van der Waals surface area contributed by atoms with Crippen LogP contribution in [0.4, 0.5) is 17.6 Å². The van der Waals surface area contributed by atoms with Crippen LogP contribution >= 0.6 is 0 Å². The molecule has 0 atom stereocenters. The summed E-state index contributed by atoms with van der Waals surface area (Å²) in [4.78, 5) is 28.9. The van der Waals surface area contributed by atoms with Crippen LogP contribution in [0.1, 0.15) is 16.3 Å². The predicted octanol–water partition coefficient (Wildman–Crippen LogP) is 3.10. The summed E-state index contributed by atoms with van der Waals surface area (Å²) in [5, 5.41) is 3.97. The van der Waals surface area contributed by atoms with Gasteiger partial charge in [0.15, 0.2) is 12.4 Å². The van der Waals surface area contributed by atoms with Crippen molar-refractivity contribution in [2.75, 3.05) is 11.1 Å². The summed E-state index contributed by atoms with van der Waals surface area (Å²) < 4.78 is 5.29. The Morgan fingerprint density at radius 2 is 1.68 bits per heavy atom. The number of rotatable bonds is 5. The first kappa shape index (κ1) is 17.3. The highest BCUT2D eigenvalue weighted by atomic mass is 16.5. The van der Waals surface area contributed by atoms with E-state index in [9.17, 15) is 4.79 Å². The Balaban J connectivity index is 1.47. The van der Waals surface area contributed by atoms with E-state index in [0.29, 0.717) is 0 Å². The molecule has 0 saturated carbocycles. The van der Waals surface area contributed by atoms with Gasteiger partial charge in [0.25, 0.3) is 0 Å². The molecule has 0 fully saturated rings. The molecule has 0 aliphatic carbocycles. The van der Waals surface area contributed by atoms with E-state index in [1.54, 1.807) is 6.07 Å². The molecule has 8 nitrogen and oxygen atoms in total. The lowest BCUT2D eigenvalue weighted by Gasteiger charge is -2.08. The van der Waals surface area contributed by atoms with Gasteiger partial charge >= 0.3 is 5.97 Å². The number of carbonyl (C=O) groups is 1. The second-order valence-electron chi connectivity index (χ2n) is 5.89. The Bertz CT molecular complexity index is 1130. The number of benzene rings is 2. The van der Waals surface area contributed by atoms with Crippen molar-refractivity contribution in [2.24, 2.45) is 0 Å². The van der Waals surface area contributed by atoms with Crippen LogP contribution in [-0.2, 0) is 11.3 Å². The smallest absolute Gasteiger partial charge is 0.357 e. The van der Waals surface area contributed by atoms with Gasteiger partial charge in [-0.3, -0.25) is 0 Å². The van der Waals surface area contributed by atoms with Crippen molar-refractivity contribution >= 4 is 34.5 Å². The maximum atomic E-state index is 12.3. The minimum absolute atomic E-state index is 0.0308. The van der Waals surface area contributed by atoms with Gasteiger partial charge in [-0.15, -0.1) is 0 Å². The number of nitrogens with two attached hydrogens (primary N) is 1. The molecule has 28 heavy (non-hydrogen) atoms. The Kier molecular flexibility index (Phi) is 4.75. The first-order valence-corrected chi connectivity index (χ1v) is 8.53. The topological polar surface area (TPSA) is 116 Å². The number of esters is 1. The fourth-order valence-electron chi connectivity index (χ4n) is 2.59. The standard InChI is InChI=1S/C20H16N6O2/c21-19-24-17(25-20(26-19)22-14-7-2-1-3-8-14)12-28-18(27)16-11-10-13-6-4-5-9-15(13)23-16/h1-11H,12H2,(H3,21,22,24,25,26). The second kappa shape index (κ2) is 7.67. The average molecular weight is 372 g/mol. The highest BCUT2D eigenvalue weighted by molar-refractivity contribution is 5.90. The van der Waals surface area contributed by atoms with Crippen LogP contribution in [0.25, 0.3) is 10.9 Å². The molecule has 4 aromatic rings. The number of ether oxygens (including phenoxy) is 1.